The number of allylic oxidation sites excluding steroid dienone is 2. The van der Waals surface area contributed by atoms with E-state index in [-0.39, 0.29) is 29.0 Å². The number of hydrogen-bond acceptors (Lipinski definition) is 5. The van der Waals surface area contributed by atoms with Crippen molar-refractivity contribution in [2.24, 2.45) is 22.7 Å². The molecule has 1 unspecified atom stereocenters. The fourth-order valence-corrected chi connectivity index (χ4v) is 6.89. The van der Waals surface area contributed by atoms with Gasteiger partial charge in [-0.3, -0.25) is 14.4 Å². The topological polar surface area (TPSA) is 80.7 Å². The summed E-state index contributed by atoms with van der Waals surface area (Å²) in [6, 6.07) is 3.60. The van der Waals surface area contributed by atoms with Crippen molar-refractivity contribution in [1.82, 2.24) is 0 Å². The highest BCUT2D eigenvalue weighted by molar-refractivity contribution is 6.50. The molecule has 5 heteroatoms. The van der Waals surface area contributed by atoms with Crippen LogP contribution >= 0.6 is 0 Å². The number of methoxy groups -OCH3 is 1. The Labute approximate surface area is 189 Å². The minimum atomic E-state index is -0.690. The number of fused-ring (bicyclic) bond motifs is 2. The molecule has 3 aliphatic rings. The van der Waals surface area contributed by atoms with Gasteiger partial charge in [-0.25, -0.2) is 0 Å². The summed E-state index contributed by atoms with van der Waals surface area (Å²) in [6.07, 6.45) is 5.99. The first kappa shape index (κ1) is 22.5. The minimum absolute atomic E-state index is 0.0617. The number of hydrogen-bond donors (Lipinski definition) is 1. The number of Topliss-reactive ketones (excluding diaryl/α,β-unsaturated/α-hetero) is 1. The van der Waals surface area contributed by atoms with Crippen molar-refractivity contribution in [2.45, 2.75) is 59.3 Å². The molecule has 1 N–H and O–H groups in total. The van der Waals surface area contributed by atoms with Crippen molar-refractivity contribution in [2.75, 3.05) is 7.11 Å². The average molecular weight is 437 g/mol. The maximum atomic E-state index is 12.9. The Morgan fingerprint density at radius 3 is 2.66 bits per heavy atom. The van der Waals surface area contributed by atoms with Crippen LogP contribution < -0.4 is 0 Å². The van der Waals surface area contributed by atoms with Crippen LogP contribution in [0, 0.1) is 29.6 Å². The third kappa shape index (κ3) is 3.16. The lowest BCUT2D eigenvalue weighted by Crippen LogP contribution is -2.54. The quantitative estimate of drug-likeness (QED) is 0.402. The van der Waals surface area contributed by atoms with Crippen LogP contribution in [0.1, 0.15) is 73.0 Å². The van der Waals surface area contributed by atoms with E-state index in [0.717, 1.165) is 54.9 Å². The van der Waals surface area contributed by atoms with Crippen LogP contribution in [0.2, 0.25) is 0 Å². The lowest BCUT2D eigenvalue weighted by atomic mass is 9.46. The first-order valence-corrected chi connectivity index (χ1v) is 11.4. The molecule has 0 bridgehead atoms. The second-order valence-electron chi connectivity index (χ2n) is 10.3. The van der Waals surface area contributed by atoms with Crippen LogP contribution in [0.25, 0.3) is 5.76 Å². The van der Waals surface area contributed by atoms with E-state index in [0.29, 0.717) is 17.5 Å². The average Bonchev–Trinajstić information content (AvgIpc) is 2.74. The van der Waals surface area contributed by atoms with Gasteiger partial charge in [0.05, 0.1) is 12.5 Å². The normalized spacial score (nSPS) is 32.1. The monoisotopic (exact) mass is 436 g/mol. The van der Waals surface area contributed by atoms with E-state index < -0.39 is 17.0 Å². The third-order valence-electron chi connectivity index (χ3n) is 8.62. The summed E-state index contributed by atoms with van der Waals surface area (Å²) in [5.74, 6) is -1.35. The lowest BCUT2D eigenvalue weighted by Gasteiger charge is -2.57. The molecular weight excluding hydrogens is 404 g/mol. The van der Waals surface area contributed by atoms with Gasteiger partial charge in [-0.2, -0.15) is 0 Å². The first-order valence-electron chi connectivity index (χ1n) is 11.4. The Hall–Kier alpha value is -2.69. The van der Waals surface area contributed by atoms with E-state index in [1.54, 1.807) is 6.07 Å². The Morgan fingerprint density at radius 2 is 1.97 bits per heavy atom. The van der Waals surface area contributed by atoms with Crippen molar-refractivity contribution in [3.63, 3.8) is 0 Å². The highest BCUT2D eigenvalue weighted by Gasteiger charge is 2.58. The molecular formula is C27H32O5. The molecule has 0 aliphatic heterocycles. The maximum Gasteiger partial charge on any atom is 0.311 e. The molecule has 5 nitrogen and oxygen atoms in total. The van der Waals surface area contributed by atoms with Gasteiger partial charge in [-0.15, -0.1) is 0 Å². The van der Waals surface area contributed by atoms with Crippen molar-refractivity contribution in [3.05, 3.63) is 52.6 Å². The Morgan fingerprint density at radius 1 is 1.25 bits per heavy atom. The SMILES string of the molecule is C=C1CCC2[C@](C)(CCC[C@]2(C)C(=O)OC)[C@H]1Cc1c(C)ccc2c1C(=O)C(=O)C=C2O. The first-order chi connectivity index (χ1) is 15.0. The number of carbonyl (C=O) groups excluding carboxylic acids is 3. The van der Waals surface area contributed by atoms with Crippen molar-refractivity contribution < 1.29 is 24.2 Å². The second-order valence-corrected chi connectivity index (χ2v) is 10.3. The standard InChI is InChI=1S/C27H32O5/c1-15-7-9-17-20(28)14-21(29)24(30)23(17)18(15)13-19-16(2)8-10-22-26(19,3)11-6-12-27(22,4)25(31)32-5/h7,9,14,19,22,28H,2,6,8,10-13H2,1,3-5H3/t19-,22?,26+,27-/m0/s1. The summed E-state index contributed by atoms with van der Waals surface area (Å²) in [5, 5.41) is 10.3. The number of benzene rings is 1. The molecule has 0 aromatic heterocycles. The summed E-state index contributed by atoms with van der Waals surface area (Å²) in [5.41, 5.74) is 2.87. The molecule has 2 saturated carbocycles. The molecule has 0 saturated heterocycles. The van der Waals surface area contributed by atoms with Gasteiger partial charge in [-0.05, 0) is 74.3 Å². The molecule has 170 valence electrons. The number of rotatable bonds is 3. The summed E-state index contributed by atoms with van der Waals surface area (Å²) in [4.78, 5) is 37.9. The van der Waals surface area contributed by atoms with Gasteiger partial charge in [0.1, 0.15) is 5.76 Å². The van der Waals surface area contributed by atoms with Crippen molar-refractivity contribution in [3.8, 4) is 0 Å². The maximum absolute atomic E-state index is 12.9. The van der Waals surface area contributed by atoms with Gasteiger partial charge in [-0.1, -0.05) is 37.6 Å². The van der Waals surface area contributed by atoms with Crippen LogP contribution in [-0.2, 0) is 20.7 Å². The molecule has 4 rings (SSSR count). The van der Waals surface area contributed by atoms with Gasteiger partial charge >= 0.3 is 5.97 Å². The zero-order valence-corrected chi connectivity index (χ0v) is 19.4. The molecule has 1 aromatic carbocycles. The Kier molecular flexibility index (Phi) is 5.43. The van der Waals surface area contributed by atoms with Crippen LogP contribution in [0.15, 0.2) is 30.4 Å². The number of aryl methyl sites for hydroxylation is 1. The number of ether oxygens (including phenoxy) is 1. The van der Waals surface area contributed by atoms with Gasteiger partial charge in [0, 0.05) is 17.2 Å². The van der Waals surface area contributed by atoms with Gasteiger partial charge in [0.2, 0.25) is 11.6 Å². The predicted octanol–water partition coefficient (Wildman–Crippen LogP) is 5.15. The predicted molar refractivity (Wildman–Crippen MR) is 122 cm³/mol. The Balaban J connectivity index is 1.80. The summed E-state index contributed by atoms with van der Waals surface area (Å²) in [7, 11) is 1.46. The largest absolute Gasteiger partial charge is 0.507 e. The smallest absolute Gasteiger partial charge is 0.311 e. The van der Waals surface area contributed by atoms with E-state index in [9.17, 15) is 19.5 Å². The van der Waals surface area contributed by atoms with E-state index in [1.807, 2.05) is 19.9 Å². The molecule has 0 amide bonds. The summed E-state index contributed by atoms with van der Waals surface area (Å²) < 4.78 is 5.22. The van der Waals surface area contributed by atoms with E-state index >= 15 is 0 Å². The van der Waals surface area contributed by atoms with Crippen LogP contribution in [0.3, 0.4) is 0 Å². The fourth-order valence-electron chi connectivity index (χ4n) is 6.89. The van der Waals surface area contributed by atoms with Crippen molar-refractivity contribution in [1.29, 1.82) is 0 Å². The van der Waals surface area contributed by atoms with E-state index in [4.69, 9.17) is 4.74 Å². The third-order valence-corrected chi connectivity index (χ3v) is 8.62. The van der Waals surface area contributed by atoms with Crippen LogP contribution in [0.4, 0.5) is 0 Å². The molecule has 32 heavy (non-hydrogen) atoms. The van der Waals surface area contributed by atoms with Gasteiger partial charge in [0.25, 0.3) is 0 Å². The van der Waals surface area contributed by atoms with Crippen LogP contribution in [-0.4, -0.2) is 29.8 Å². The zero-order chi connectivity index (χ0) is 23.4. The number of esters is 1. The second kappa shape index (κ2) is 7.72. The summed E-state index contributed by atoms with van der Waals surface area (Å²) >= 11 is 0. The zero-order valence-electron chi connectivity index (χ0n) is 19.4. The molecule has 3 aliphatic carbocycles. The van der Waals surface area contributed by atoms with E-state index in [1.165, 1.54) is 7.11 Å². The van der Waals surface area contributed by atoms with Crippen LogP contribution in [0.5, 0.6) is 0 Å². The van der Waals surface area contributed by atoms with Gasteiger partial charge in [0.15, 0.2) is 0 Å². The number of aliphatic hydroxyl groups is 1. The minimum Gasteiger partial charge on any atom is -0.507 e. The van der Waals surface area contributed by atoms with Crippen molar-refractivity contribution >= 4 is 23.3 Å². The molecule has 1 aromatic rings. The molecule has 2 fully saturated rings. The Bertz CT molecular complexity index is 1060. The lowest BCUT2D eigenvalue weighted by molar-refractivity contribution is -0.167. The molecule has 0 radical (unpaired) electrons. The number of ketones is 2. The van der Waals surface area contributed by atoms with E-state index in [2.05, 4.69) is 13.5 Å². The van der Waals surface area contributed by atoms with Gasteiger partial charge < -0.3 is 9.84 Å². The molecule has 0 heterocycles. The molecule has 0 spiro atoms. The highest BCUT2D eigenvalue weighted by atomic mass is 16.5. The number of aliphatic hydroxyl groups excluding tert-OH is 1. The highest BCUT2D eigenvalue weighted by Crippen LogP contribution is 2.62. The molecule has 4 atom stereocenters. The number of carbonyl (C=O) groups is 3. The summed E-state index contributed by atoms with van der Waals surface area (Å²) in [6.45, 7) is 10.6. The fraction of sp³-hybridized carbons (Fsp3) is 0.519.